The first-order valence-electron chi connectivity index (χ1n) is 29.0. The van der Waals surface area contributed by atoms with Crippen molar-refractivity contribution in [1.82, 2.24) is 0 Å². The SMILES string of the molecule is CC(C)(C)c1ccc(N(c2ccccc2)c2cc3c(c4c2-c2ccccc2C4(C)C)-c2c(cc(N(c4ccccc4)c4ccc(C(C)(C)C)cc4)c4c2oc2ccccc24)C32c3ccccc3N(c3ccccc3)c3ccccc32)cc1. The van der Waals surface area contributed by atoms with Crippen LogP contribution in [0.4, 0.5) is 51.2 Å². The Hall–Kier alpha value is -9.38. The molecule has 2 heterocycles. The summed E-state index contributed by atoms with van der Waals surface area (Å²) in [7, 11) is 0. The minimum atomic E-state index is -0.892. The summed E-state index contributed by atoms with van der Waals surface area (Å²) in [4.78, 5) is 7.51. The van der Waals surface area contributed by atoms with Gasteiger partial charge in [0.05, 0.1) is 33.6 Å². The normalized spacial score (nSPS) is 14.3. The number of benzene rings is 11. The molecule has 0 unspecified atom stereocenters. The van der Waals surface area contributed by atoms with E-state index in [0.717, 1.165) is 78.7 Å². The van der Waals surface area contributed by atoms with E-state index in [4.69, 9.17) is 4.42 Å². The summed E-state index contributed by atoms with van der Waals surface area (Å²) in [6.45, 7) is 18.7. The van der Waals surface area contributed by atoms with Crippen molar-refractivity contribution >= 4 is 73.1 Å². The van der Waals surface area contributed by atoms with Gasteiger partial charge in [-0.1, -0.05) is 213 Å². The maximum Gasteiger partial charge on any atom is 0.145 e. The highest BCUT2D eigenvalue weighted by Gasteiger charge is 2.57. The van der Waals surface area contributed by atoms with Crippen LogP contribution in [0.3, 0.4) is 0 Å². The number of fused-ring (bicyclic) bond motifs is 17. The van der Waals surface area contributed by atoms with E-state index in [-0.39, 0.29) is 10.8 Å². The molecule has 0 saturated carbocycles. The summed E-state index contributed by atoms with van der Waals surface area (Å²) in [6.07, 6.45) is 0. The van der Waals surface area contributed by atoms with Gasteiger partial charge in [0.2, 0.25) is 0 Å². The van der Waals surface area contributed by atoms with Crippen molar-refractivity contribution in [3.8, 4) is 22.3 Å². The maximum atomic E-state index is 7.69. The molecule has 1 aromatic heterocycles. The van der Waals surface area contributed by atoms with Gasteiger partial charge in [-0.3, -0.25) is 0 Å². The zero-order valence-electron chi connectivity index (χ0n) is 47.9. The third kappa shape index (κ3) is 7.16. The van der Waals surface area contributed by atoms with Crippen LogP contribution in [0.2, 0.25) is 0 Å². The zero-order valence-corrected chi connectivity index (χ0v) is 47.9. The Kier molecular flexibility index (Phi) is 10.9. The molecule has 4 heteroatoms. The minimum Gasteiger partial charge on any atom is -0.455 e. The molecule has 1 spiro atoms. The minimum absolute atomic E-state index is 0.0196. The molecule has 0 bridgehead atoms. The molecule has 0 N–H and O–H groups in total. The first-order valence-corrected chi connectivity index (χ1v) is 29.0. The Balaban J connectivity index is 1.16. The predicted molar refractivity (Wildman–Crippen MR) is 344 cm³/mol. The van der Waals surface area contributed by atoms with Crippen molar-refractivity contribution in [2.75, 3.05) is 14.7 Å². The van der Waals surface area contributed by atoms with Gasteiger partial charge in [0.15, 0.2) is 0 Å². The Morgan fingerprint density at radius 1 is 0.390 bits per heavy atom. The second-order valence-electron chi connectivity index (χ2n) is 25.3. The van der Waals surface area contributed by atoms with Gasteiger partial charge in [-0.2, -0.15) is 0 Å². The van der Waals surface area contributed by atoms with Crippen molar-refractivity contribution in [2.24, 2.45) is 0 Å². The summed E-state index contributed by atoms with van der Waals surface area (Å²) in [6, 6.07) is 92.9. The summed E-state index contributed by atoms with van der Waals surface area (Å²) < 4.78 is 7.69. The van der Waals surface area contributed by atoms with Gasteiger partial charge in [-0.15, -0.1) is 0 Å². The van der Waals surface area contributed by atoms with Crippen LogP contribution in [0.25, 0.3) is 44.2 Å². The highest BCUT2D eigenvalue weighted by atomic mass is 16.3. The molecule has 0 radical (unpaired) electrons. The van der Waals surface area contributed by atoms with Gasteiger partial charge in [0.25, 0.3) is 0 Å². The highest BCUT2D eigenvalue weighted by molar-refractivity contribution is 6.21. The van der Waals surface area contributed by atoms with E-state index < -0.39 is 10.8 Å². The van der Waals surface area contributed by atoms with Crippen molar-refractivity contribution in [3.63, 3.8) is 0 Å². The van der Waals surface area contributed by atoms with Crippen molar-refractivity contribution in [2.45, 2.75) is 77.0 Å². The molecule has 4 nitrogen and oxygen atoms in total. The number of para-hydroxylation sites is 6. The topological polar surface area (TPSA) is 22.9 Å². The van der Waals surface area contributed by atoms with E-state index in [1.807, 2.05) is 0 Å². The predicted octanol–water partition coefficient (Wildman–Crippen LogP) is 21.6. The molecular weight excluding hydrogens is 995 g/mol. The van der Waals surface area contributed by atoms with Gasteiger partial charge in [0, 0.05) is 50.4 Å². The lowest BCUT2D eigenvalue weighted by atomic mass is 9.64. The average molecular weight is 1060 g/mol. The smallest absolute Gasteiger partial charge is 0.145 e. The fourth-order valence-corrected chi connectivity index (χ4v) is 14.3. The highest BCUT2D eigenvalue weighted by Crippen LogP contribution is 2.70. The molecule has 82 heavy (non-hydrogen) atoms. The average Bonchev–Trinajstić information content (AvgIpc) is 1.77. The fourth-order valence-electron chi connectivity index (χ4n) is 14.3. The second kappa shape index (κ2) is 18.1. The first-order chi connectivity index (χ1) is 39.7. The number of hydrogen-bond donors (Lipinski definition) is 0. The Morgan fingerprint density at radius 2 is 0.829 bits per heavy atom. The van der Waals surface area contributed by atoms with E-state index >= 15 is 0 Å². The van der Waals surface area contributed by atoms with Crippen molar-refractivity contribution in [3.05, 3.63) is 293 Å². The lowest BCUT2D eigenvalue weighted by molar-refractivity contribution is 0.590. The number of hydrogen-bond acceptors (Lipinski definition) is 4. The van der Waals surface area contributed by atoms with Crippen LogP contribution >= 0.6 is 0 Å². The Bertz CT molecular complexity index is 4440. The summed E-state index contributed by atoms with van der Waals surface area (Å²) >= 11 is 0. The van der Waals surface area contributed by atoms with Crippen LogP contribution in [-0.4, -0.2) is 0 Å². The van der Waals surface area contributed by atoms with E-state index in [1.165, 1.54) is 61.2 Å². The van der Waals surface area contributed by atoms with E-state index in [2.05, 4.69) is 319 Å². The molecule has 1 aliphatic heterocycles. The molecule has 2 aliphatic carbocycles. The second-order valence-corrected chi connectivity index (χ2v) is 25.3. The van der Waals surface area contributed by atoms with Crippen molar-refractivity contribution < 1.29 is 4.42 Å². The molecule has 0 atom stereocenters. The van der Waals surface area contributed by atoms with Crippen LogP contribution in [0.5, 0.6) is 0 Å². The van der Waals surface area contributed by atoms with E-state index in [1.54, 1.807) is 0 Å². The van der Waals surface area contributed by atoms with Gasteiger partial charge >= 0.3 is 0 Å². The third-order valence-corrected chi connectivity index (χ3v) is 18.1. The lowest BCUT2D eigenvalue weighted by Crippen LogP contribution is -2.36. The molecule has 15 rings (SSSR count). The lowest BCUT2D eigenvalue weighted by Gasteiger charge is -2.45. The van der Waals surface area contributed by atoms with Gasteiger partial charge < -0.3 is 19.1 Å². The zero-order chi connectivity index (χ0) is 55.9. The van der Waals surface area contributed by atoms with E-state index in [0.29, 0.717) is 0 Å². The molecule has 398 valence electrons. The maximum absolute atomic E-state index is 7.69. The van der Waals surface area contributed by atoms with Crippen LogP contribution in [-0.2, 0) is 21.7 Å². The Labute approximate surface area is 482 Å². The van der Waals surface area contributed by atoms with Crippen LogP contribution < -0.4 is 14.7 Å². The van der Waals surface area contributed by atoms with Crippen LogP contribution in [0.15, 0.2) is 253 Å². The van der Waals surface area contributed by atoms with E-state index in [9.17, 15) is 0 Å². The molecule has 3 aliphatic rings. The third-order valence-electron chi connectivity index (χ3n) is 18.1. The van der Waals surface area contributed by atoms with Crippen LogP contribution in [0, 0.1) is 0 Å². The summed E-state index contributed by atoms with van der Waals surface area (Å²) in [5, 5.41) is 2.16. The summed E-state index contributed by atoms with van der Waals surface area (Å²) in [5.74, 6) is 0. The van der Waals surface area contributed by atoms with Gasteiger partial charge in [-0.25, -0.2) is 0 Å². The number of nitrogens with zero attached hydrogens (tertiary/aromatic N) is 3. The molecular formula is C78H65N3O. The molecule has 0 fully saturated rings. The first kappa shape index (κ1) is 49.6. The number of rotatable bonds is 7. The number of furan rings is 1. The van der Waals surface area contributed by atoms with Gasteiger partial charge in [-0.05, 0) is 157 Å². The number of anilines is 9. The quantitative estimate of drug-likeness (QED) is 0.159. The largest absolute Gasteiger partial charge is 0.455 e. The molecule has 11 aromatic carbocycles. The molecule has 0 saturated heterocycles. The molecule has 0 amide bonds. The summed E-state index contributed by atoms with van der Waals surface area (Å²) in [5.41, 5.74) is 25.2. The van der Waals surface area contributed by atoms with Crippen LogP contribution in [0.1, 0.15) is 99.9 Å². The fraction of sp³-hybridized carbons (Fsp3) is 0.154. The molecule has 12 aromatic rings. The van der Waals surface area contributed by atoms with Gasteiger partial charge in [0.1, 0.15) is 11.2 Å². The Morgan fingerprint density at radius 3 is 1.39 bits per heavy atom. The standard InChI is InChI=1S/C78H65N3O/c1-75(2,3)50-40-44-55(45-41-50)79(52-26-12-9-13-27-52)66-48-62-71(73-69(66)57-32-18-20-34-59(57)77(73,7)8)72-63(78(62)60-35-21-23-37-64(60)81(54-30-16-11-17-31-54)65-38-24-22-36-61(65)78)49-67(70-58-33-19-25-39-68(58)82-74(70)72)80(53-28-14-10-15-29-53)56-46-42-51(43-47-56)76(4,5)6/h9-49H,1-8H3. The van der Waals surface area contributed by atoms with Crippen molar-refractivity contribution in [1.29, 1.82) is 0 Å². The monoisotopic (exact) mass is 1060 g/mol.